The number of benzene rings is 1. The van der Waals surface area contributed by atoms with Crippen molar-refractivity contribution in [3.63, 3.8) is 0 Å². The lowest BCUT2D eigenvalue weighted by Crippen LogP contribution is -2.43. The number of hydrogen-bond acceptors (Lipinski definition) is 3. The van der Waals surface area contributed by atoms with Gasteiger partial charge in [0.05, 0.1) is 11.5 Å². The zero-order valence-electron chi connectivity index (χ0n) is 13.3. The third kappa shape index (κ3) is 4.25. The molecule has 7 heteroatoms. The maximum absolute atomic E-state index is 13.3. The fraction of sp³-hybridized carbons (Fsp3) is 0.500. The Morgan fingerprint density at radius 2 is 1.91 bits per heavy atom. The smallest absolute Gasteiger partial charge is 0.227 e. The molecule has 5 nitrogen and oxygen atoms in total. The predicted octanol–water partition coefficient (Wildman–Crippen LogP) is 1.55. The van der Waals surface area contributed by atoms with E-state index in [9.17, 15) is 23.5 Å². The molecule has 1 fully saturated rings. The second kappa shape index (κ2) is 6.23. The molecule has 0 radical (unpaired) electrons. The lowest BCUT2D eigenvalue weighted by molar-refractivity contribution is -0.137. The van der Waals surface area contributed by atoms with Crippen LogP contribution >= 0.6 is 0 Å². The summed E-state index contributed by atoms with van der Waals surface area (Å²) >= 11 is 0. The first-order chi connectivity index (χ1) is 10.6. The first kappa shape index (κ1) is 17.3. The van der Waals surface area contributed by atoms with Gasteiger partial charge in [0.25, 0.3) is 0 Å². The van der Waals surface area contributed by atoms with Gasteiger partial charge in [-0.05, 0) is 26.0 Å². The summed E-state index contributed by atoms with van der Waals surface area (Å²) in [6.45, 7) is 3.36. The number of nitrogens with zero attached hydrogens (tertiary/aromatic N) is 2. The number of amides is 2. The van der Waals surface area contributed by atoms with Crippen molar-refractivity contribution in [3.05, 3.63) is 29.8 Å². The van der Waals surface area contributed by atoms with Crippen LogP contribution in [0.25, 0.3) is 0 Å². The van der Waals surface area contributed by atoms with Crippen LogP contribution in [-0.4, -0.2) is 47.6 Å². The molecule has 0 spiro atoms. The molecule has 1 aromatic rings. The molecule has 1 aliphatic heterocycles. The summed E-state index contributed by atoms with van der Waals surface area (Å²) in [6.07, 6.45) is -0.0207. The average molecular weight is 326 g/mol. The minimum atomic E-state index is -1.04. The molecule has 0 aliphatic carbocycles. The fourth-order valence-electron chi connectivity index (χ4n) is 2.79. The number of halogens is 2. The quantitative estimate of drug-likeness (QED) is 0.913. The summed E-state index contributed by atoms with van der Waals surface area (Å²) in [7, 11) is 1.55. The normalized spacial score (nSPS) is 18.4. The Morgan fingerprint density at radius 3 is 2.43 bits per heavy atom. The maximum atomic E-state index is 13.3. The van der Waals surface area contributed by atoms with Gasteiger partial charge in [0.2, 0.25) is 11.8 Å². The van der Waals surface area contributed by atoms with E-state index >= 15 is 0 Å². The van der Waals surface area contributed by atoms with Crippen molar-refractivity contribution in [3.8, 4) is 0 Å². The van der Waals surface area contributed by atoms with Gasteiger partial charge in [-0.2, -0.15) is 0 Å². The van der Waals surface area contributed by atoms with E-state index < -0.39 is 23.2 Å². The van der Waals surface area contributed by atoms with Gasteiger partial charge in [0.15, 0.2) is 0 Å². The average Bonchev–Trinajstić information content (AvgIpc) is 2.76. The van der Waals surface area contributed by atoms with Crippen LogP contribution in [0.3, 0.4) is 0 Å². The van der Waals surface area contributed by atoms with Gasteiger partial charge in [-0.1, -0.05) is 0 Å². The number of rotatable bonds is 4. The highest BCUT2D eigenvalue weighted by atomic mass is 19.1. The molecule has 126 valence electrons. The molecule has 1 atom stereocenters. The molecule has 1 saturated heterocycles. The van der Waals surface area contributed by atoms with Gasteiger partial charge >= 0.3 is 0 Å². The van der Waals surface area contributed by atoms with Gasteiger partial charge in [-0.15, -0.1) is 0 Å². The van der Waals surface area contributed by atoms with E-state index in [1.807, 2.05) is 0 Å². The Kier molecular flexibility index (Phi) is 4.70. The van der Waals surface area contributed by atoms with Crippen LogP contribution in [0.4, 0.5) is 14.5 Å². The van der Waals surface area contributed by atoms with Gasteiger partial charge in [0.1, 0.15) is 11.6 Å². The Morgan fingerprint density at radius 1 is 1.35 bits per heavy atom. The maximum Gasteiger partial charge on any atom is 0.227 e. The lowest BCUT2D eigenvalue weighted by Gasteiger charge is -2.27. The number of likely N-dealkylation sites (N-methyl/N-ethyl adjacent to an activating group) is 1. The predicted molar refractivity (Wildman–Crippen MR) is 80.8 cm³/mol. The summed E-state index contributed by atoms with van der Waals surface area (Å²) < 4.78 is 26.6. The van der Waals surface area contributed by atoms with Crippen LogP contribution in [-0.2, 0) is 9.59 Å². The van der Waals surface area contributed by atoms with Crippen LogP contribution in [0.5, 0.6) is 0 Å². The lowest BCUT2D eigenvalue weighted by atomic mass is 10.1. The summed E-state index contributed by atoms with van der Waals surface area (Å²) in [4.78, 5) is 27.0. The molecule has 1 unspecified atom stereocenters. The first-order valence-electron chi connectivity index (χ1n) is 7.30. The Labute approximate surface area is 133 Å². The van der Waals surface area contributed by atoms with E-state index in [0.717, 1.165) is 18.2 Å². The van der Waals surface area contributed by atoms with E-state index in [2.05, 4.69) is 0 Å². The fourth-order valence-corrected chi connectivity index (χ4v) is 2.79. The van der Waals surface area contributed by atoms with Crippen LogP contribution in [0.2, 0.25) is 0 Å². The van der Waals surface area contributed by atoms with Crippen LogP contribution in [0.1, 0.15) is 20.3 Å². The highest BCUT2D eigenvalue weighted by Gasteiger charge is 2.37. The standard InChI is InChI=1S/C16H20F2N2O3/c1-16(2,23)9-19(3)15(22)10-4-14(21)20(8-10)13-6-11(17)5-12(18)7-13/h5-7,10,23H,4,8-9H2,1-3H3. The Hall–Kier alpha value is -2.02. The zero-order chi connectivity index (χ0) is 17.4. The molecule has 1 heterocycles. The van der Waals surface area contributed by atoms with E-state index in [1.165, 1.54) is 9.80 Å². The first-order valence-corrected chi connectivity index (χ1v) is 7.30. The van der Waals surface area contributed by atoms with Gasteiger partial charge in [-0.25, -0.2) is 8.78 Å². The van der Waals surface area contributed by atoms with E-state index in [1.54, 1.807) is 20.9 Å². The number of hydrogen-bond donors (Lipinski definition) is 1. The van der Waals surface area contributed by atoms with E-state index in [0.29, 0.717) is 0 Å². The SMILES string of the molecule is CN(CC(C)(C)O)C(=O)C1CC(=O)N(c2cc(F)cc(F)c2)C1. The minimum absolute atomic E-state index is 0.0207. The van der Waals surface area contributed by atoms with Crippen LogP contribution in [0.15, 0.2) is 18.2 Å². The van der Waals surface area contributed by atoms with Crippen molar-refractivity contribution in [2.45, 2.75) is 25.9 Å². The summed E-state index contributed by atoms with van der Waals surface area (Å²) in [5.74, 6) is -2.78. The monoisotopic (exact) mass is 326 g/mol. The molecule has 0 saturated carbocycles. The minimum Gasteiger partial charge on any atom is -0.389 e. The van der Waals surface area contributed by atoms with Crippen molar-refractivity contribution in [2.24, 2.45) is 5.92 Å². The topological polar surface area (TPSA) is 60.9 Å². The van der Waals surface area contributed by atoms with Crippen molar-refractivity contribution in [2.75, 3.05) is 25.0 Å². The van der Waals surface area contributed by atoms with Crippen molar-refractivity contribution < 1.29 is 23.5 Å². The zero-order valence-corrected chi connectivity index (χ0v) is 13.3. The van der Waals surface area contributed by atoms with Crippen LogP contribution < -0.4 is 4.90 Å². The highest BCUT2D eigenvalue weighted by molar-refractivity contribution is 6.00. The van der Waals surface area contributed by atoms with Crippen molar-refractivity contribution in [1.29, 1.82) is 0 Å². The molecular formula is C16H20F2N2O3. The second-order valence-corrected chi connectivity index (χ2v) is 6.54. The van der Waals surface area contributed by atoms with Gasteiger partial charge in [-0.3, -0.25) is 9.59 Å². The summed E-state index contributed by atoms with van der Waals surface area (Å²) in [6, 6.07) is 2.85. The summed E-state index contributed by atoms with van der Waals surface area (Å²) in [5, 5.41) is 9.77. The molecule has 1 aliphatic rings. The molecule has 0 bridgehead atoms. The molecule has 2 rings (SSSR count). The third-order valence-electron chi connectivity index (χ3n) is 3.63. The highest BCUT2D eigenvalue weighted by Crippen LogP contribution is 2.27. The molecule has 23 heavy (non-hydrogen) atoms. The number of aliphatic hydroxyl groups is 1. The number of anilines is 1. The van der Waals surface area contributed by atoms with Crippen molar-refractivity contribution in [1.82, 2.24) is 4.90 Å². The molecule has 1 aromatic carbocycles. The molecule has 1 N–H and O–H groups in total. The van der Waals surface area contributed by atoms with Gasteiger partial charge in [0, 0.05) is 38.3 Å². The largest absolute Gasteiger partial charge is 0.389 e. The van der Waals surface area contributed by atoms with E-state index in [4.69, 9.17) is 0 Å². The Balaban J connectivity index is 2.11. The second-order valence-electron chi connectivity index (χ2n) is 6.54. The van der Waals surface area contributed by atoms with E-state index in [-0.39, 0.29) is 37.0 Å². The number of carbonyl (C=O) groups excluding carboxylic acids is 2. The van der Waals surface area contributed by atoms with Gasteiger partial charge < -0.3 is 14.9 Å². The molecular weight excluding hydrogens is 306 g/mol. The Bertz CT molecular complexity index is 608. The third-order valence-corrected chi connectivity index (χ3v) is 3.63. The molecule has 0 aromatic heterocycles. The van der Waals surface area contributed by atoms with Crippen molar-refractivity contribution >= 4 is 17.5 Å². The van der Waals surface area contributed by atoms with Crippen LogP contribution in [0, 0.1) is 17.6 Å². The number of carbonyl (C=O) groups is 2. The molecule has 2 amide bonds. The summed E-state index contributed by atoms with van der Waals surface area (Å²) in [5.41, 5.74) is -0.939.